The molecule has 2 N–H and O–H groups in total. The van der Waals surface area contributed by atoms with Crippen LogP contribution in [0, 0.1) is 0 Å². The number of imidazole rings is 1. The Balaban J connectivity index is 1.09. The fraction of sp³-hybridized carbons (Fsp3) is 0.391. The molecule has 4 aromatic heterocycles. The van der Waals surface area contributed by atoms with E-state index >= 15 is 0 Å². The van der Waals surface area contributed by atoms with Gasteiger partial charge in [0.05, 0.1) is 12.6 Å². The van der Waals surface area contributed by atoms with Crippen molar-refractivity contribution in [3.63, 3.8) is 0 Å². The van der Waals surface area contributed by atoms with Gasteiger partial charge in [0.15, 0.2) is 5.65 Å². The molecule has 0 aromatic carbocycles. The highest BCUT2D eigenvalue weighted by Gasteiger charge is 2.29. The minimum Gasteiger partial charge on any atom is -0.326 e. The molecule has 0 spiro atoms. The van der Waals surface area contributed by atoms with Crippen LogP contribution >= 0.6 is 0 Å². The van der Waals surface area contributed by atoms with E-state index in [0.717, 1.165) is 60.5 Å². The molecule has 0 amide bonds. The van der Waals surface area contributed by atoms with Gasteiger partial charge < -0.3 is 15.2 Å². The number of pyridine rings is 3. The van der Waals surface area contributed by atoms with Gasteiger partial charge in [0.1, 0.15) is 17.0 Å². The Morgan fingerprint density at radius 2 is 1.88 bits per heavy atom. The molecule has 164 valence electrons. The fourth-order valence-corrected chi connectivity index (χ4v) is 5.13. The third-order valence-electron chi connectivity index (χ3n) is 6.73. The van der Waals surface area contributed by atoms with Crippen molar-refractivity contribution in [1.29, 1.82) is 0 Å². The van der Waals surface area contributed by atoms with Gasteiger partial charge in [-0.2, -0.15) is 0 Å². The summed E-state index contributed by atoms with van der Waals surface area (Å²) in [5, 5.41) is 4.55. The second-order valence-corrected chi connectivity index (χ2v) is 8.77. The summed E-state index contributed by atoms with van der Waals surface area (Å²) in [6.07, 6.45) is 3.84. The summed E-state index contributed by atoms with van der Waals surface area (Å²) in [7, 11) is 0. The zero-order chi connectivity index (χ0) is 21.7. The molecule has 0 aliphatic carbocycles. The summed E-state index contributed by atoms with van der Waals surface area (Å²) in [6, 6.07) is 11.1. The minimum atomic E-state index is -0.0388. The number of nitrogens with zero attached hydrogens (tertiary/aromatic N) is 5. The molecule has 1 atom stereocenters. The Hall–Kier alpha value is -3.30. The van der Waals surface area contributed by atoms with Crippen molar-refractivity contribution in [2.24, 2.45) is 0 Å². The predicted molar refractivity (Wildman–Crippen MR) is 122 cm³/mol. The number of H-pyrrole nitrogens is 1. The minimum absolute atomic E-state index is 0.00569. The summed E-state index contributed by atoms with van der Waals surface area (Å²) >= 11 is 0. The first-order valence-corrected chi connectivity index (χ1v) is 11.2. The molecule has 0 saturated carbocycles. The molecule has 0 bridgehead atoms. The van der Waals surface area contributed by atoms with Crippen molar-refractivity contribution < 1.29 is 0 Å². The first-order valence-electron chi connectivity index (χ1n) is 11.2. The van der Waals surface area contributed by atoms with E-state index < -0.39 is 0 Å². The highest BCUT2D eigenvalue weighted by molar-refractivity contribution is 5.76. The van der Waals surface area contributed by atoms with E-state index in [4.69, 9.17) is 0 Å². The average molecular weight is 432 g/mol. The SMILES string of the molecule is O=c1ccc2ccc(=O)n3c2n1CC3CN1CCC(NCc2nc3cccnc3[nH]2)CC1. The molecule has 1 saturated heterocycles. The Labute approximate surface area is 183 Å². The van der Waals surface area contributed by atoms with Gasteiger partial charge in [-0.05, 0) is 50.2 Å². The van der Waals surface area contributed by atoms with Crippen LogP contribution in [0.3, 0.4) is 0 Å². The number of nitrogens with one attached hydrogen (secondary N) is 2. The van der Waals surface area contributed by atoms with Gasteiger partial charge in [-0.1, -0.05) is 0 Å². The first kappa shape index (κ1) is 19.4. The van der Waals surface area contributed by atoms with Crippen molar-refractivity contribution in [3.05, 3.63) is 69.1 Å². The monoisotopic (exact) mass is 431 g/mol. The summed E-state index contributed by atoms with van der Waals surface area (Å²) in [4.78, 5) is 39.5. The number of fused-ring (bicyclic) bond motifs is 1. The number of likely N-dealkylation sites (tertiary alicyclic amines) is 1. The van der Waals surface area contributed by atoms with Crippen LogP contribution in [0.15, 0.2) is 52.2 Å². The van der Waals surface area contributed by atoms with E-state index in [-0.39, 0.29) is 17.2 Å². The number of aromatic nitrogens is 5. The van der Waals surface area contributed by atoms with Crippen molar-refractivity contribution in [1.82, 2.24) is 34.3 Å². The number of hydrogen-bond donors (Lipinski definition) is 2. The second-order valence-electron chi connectivity index (χ2n) is 8.77. The van der Waals surface area contributed by atoms with Crippen molar-refractivity contribution in [2.75, 3.05) is 19.6 Å². The van der Waals surface area contributed by atoms with Crippen LogP contribution in [-0.4, -0.2) is 54.7 Å². The highest BCUT2D eigenvalue weighted by atomic mass is 16.1. The zero-order valence-corrected chi connectivity index (χ0v) is 17.7. The van der Waals surface area contributed by atoms with Crippen molar-refractivity contribution in [2.45, 2.75) is 38.0 Å². The Morgan fingerprint density at radius 3 is 2.69 bits per heavy atom. The summed E-state index contributed by atoms with van der Waals surface area (Å²) < 4.78 is 3.56. The number of aromatic amines is 1. The van der Waals surface area contributed by atoms with Crippen molar-refractivity contribution in [3.8, 4) is 0 Å². The number of hydrogen-bond acceptors (Lipinski definition) is 6. The molecular weight excluding hydrogens is 406 g/mol. The lowest BCUT2D eigenvalue weighted by Crippen LogP contribution is -2.44. The smallest absolute Gasteiger partial charge is 0.252 e. The molecule has 32 heavy (non-hydrogen) atoms. The van der Waals surface area contributed by atoms with Crippen LogP contribution in [0.25, 0.3) is 22.2 Å². The largest absolute Gasteiger partial charge is 0.326 e. The molecule has 2 aliphatic heterocycles. The Bertz CT molecular complexity index is 1370. The maximum atomic E-state index is 12.6. The van der Waals surface area contributed by atoms with Crippen molar-refractivity contribution >= 4 is 22.2 Å². The Morgan fingerprint density at radius 1 is 1.06 bits per heavy atom. The Kier molecular flexibility index (Phi) is 4.65. The average Bonchev–Trinajstić information content (AvgIpc) is 3.40. The quantitative estimate of drug-likeness (QED) is 0.493. The number of rotatable bonds is 5. The molecule has 0 radical (unpaired) electrons. The molecular formula is C23H25N7O2. The number of piperidine rings is 1. The van der Waals surface area contributed by atoms with Gasteiger partial charge in [-0.15, -0.1) is 0 Å². The lowest BCUT2D eigenvalue weighted by Gasteiger charge is -2.34. The molecule has 9 nitrogen and oxygen atoms in total. The van der Waals surface area contributed by atoms with Gasteiger partial charge in [0.25, 0.3) is 11.1 Å². The lowest BCUT2D eigenvalue weighted by molar-refractivity contribution is 0.171. The van der Waals surface area contributed by atoms with Gasteiger partial charge in [0.2, 0.25) is 0 Å². The maximum Gasteiger partial charge on any atom is 0.252 e. The zero-order valence-electron chi connectivity index (χ0n) is 17.7. The van der Waals surface area contributed by atoms with E-state index in [0.29, 0.717) is 19.1 Å². The molecule has 9 heteroatoms. The molecule has 6 heterocycles. The van der Waals surface area contributed by atoms with Gasteiger partial charge >= 0.3 is 0 Å². The fourth-order valence-electron chi connectivity index (χ4n) is 5.13. The highest BCUT2D eigenvalue weighted by Crippen LogP contribution is 2.25. The molecule has 2 aliphatic rings. The third kappa shape index (κ3) is 3.34. The second kappa shape index (κ2) is 7.68. The summed E-state index contributed by atoms with van der Waals surface area (Å²) in [6.45, 7) is 3.96. The van der Waals surface area contributed by atoms with Crippen LogP contribution in [0.4, 0.5) is 0 Å². The molecule has 6 rings (SSSR count). The van der Waals surface area contributed by atoms with E-state index in [1.165, 1.54) is 0 Å². The van der Waals surface area contributed by atoms with Gasteiger partial charge in [-0.25, -0.2) is 9.97 Å². The molecule has 1 fully saturated rings. The van der Waals surface area contributed by atoms with Crippen LogP contribution < -0.4 is 16.4 Å². The summed E-state index contributed by atoms with van der Waals surface area (Å²) in [5.41, 5.74) is 2.40. The van der Waals surface area contributed by atoms with Crippen LogP contribution in [-0.2, 0) is 13.1 Å². The first-order chi connectivity index (χ1) is 15.7. The van der Waals surface area contributed by atoms with Crippen LogP contribution in [0.5, 0.6) is 0 Å². The summed E-state index contributed by atoms with van der Waals surface area (Å²) in [5.74, 6) is 0.905. The van der Waals surface area contributed by atoms with Gasteiger partial charge in [0, 0.05) is 42.8 Å². The third-order valence-corrected chi connectivity index (χ3v) is 6.73. The van der Waals surface area contributed by atoms with Crippen LogP contribution in [0.1, 0.15) is 24.7 Å². The van der Waals surface area contributed by atoms with Gasteiger partial charge in [-0.3, -0.25) is 18.7 Å². The maximum absolute atomic E-state index is 12.6. The molecule has 4 aromatic rings. The van der Waals surface area contributed by atoms with E-state index in [9.17, 15) is 9.59 Å². The normalized spacial score (nSPS) is 19.3. The molecule has 1 unspecified atom stereocenters. The standard InChI is InChI=1S/C23H25N7O2/c31-20-5-3-15-4-6-21(32)30-17(14-29(20)23(15)30)13-28-10-7-16(8-11-28)25-12-19-26-18-2-1-9-24-22(18)27-19/h1-6,9,16-17,25H,7-8,10-14H2,(H,24,26,27). The van der Waals surface area contributed by atoms with Crippen LogP contribution in [0.2, 0.25) is 0 Å². The van der Waals surface area contributed by atoms with E-state index in [1.54, 1.807) is 22.9 Å². The lowest BCUT2D eigenvalue weighted by atomic mass is 10.0. The van der Waals surface area contributed by atoms with E-state index in [1.807, 2.05) is 28.8 Å². The van der Waals surface area contributed by atoms with E-state index in [2.05, 4.69) is 25.2 Å². The predicted octanol–water partition coefficient (Wildman–Crippen LogP) is 1.24. The topological polar surface area (TPSA) is 101 Å².